The number of piperidine rings is 1. The van der Waals surface area contributed by atoms with Crippen molar-refractivity contribution < 1.29 is 13.2 Å². The lowest BCUT2D eigenvalue weighted by Crippen LogP contribution is -2.48. The van der Waals surface area contributed by atoms with Gasteiger partial charge in [-0.15, -0.1) is 12.4 Å². The molecule has 0 spiro atoms. The van der Waals surface area contributed by atoms with E-state index in [0.29, 0.717) is 0 Å². The summed E-state index contributed by atoms with van der Waals surface area (Å²) >= 11 is 0. The monoisotopic (exact) mass is 299 g/mol. The maximum absolute atomic E-state index is 11.6. The SMILES string of the molecule is CCS(=O)(=O)N(C)CC(=O)NC1CCCNC1.Cl. The zero-order valence-corrected chi connectivity index (χ0v) is 12.4. The molecule has 1 aliphatic rings. The Morgan fingerprint density at radius 2 is 2.17 bits per heavy atom. The Morgan fingerprint density at radius 1 is 1.50 bits per heavy atom. The molecule has 1 rings (SSSR count). The number of halogens is 1. The predicted octanol–water partition coefficient (Wildman–Crippen LogP) is -0.442. The molecule has 0 aromatic heterocycles. The molecule has 0 bridgehead atoms. The van der Waals surface area contributed by atoms with Gasteiger partial charge in [0.2, 0.25) is 15.9 Å². The fourth-order valence-electron chi connectivity index (χ4n) is 1.77. The summed E-state index contributed by atoms with van der Waals surface area (Å²) in [6.45, 7) is 3.20. The van der Waals surface area contributed by atoms with Gasteiger partial charge in [-0.25, -0.2) is 8.42 Å². The van der Waals surface area contributed by atoms with E-state index >= 15 is 0 Å². The van der Waals surface area contributed by atoms with E-state index in [1.807, 2.05) is 0 Å². The zero-order valence-electron chi connectivity index (χ0n) is 10.8. The molecule has 1 aliphatic heterocycles. The minimum atomic E-state index is -3.28. The van der Waals surface area contributed by atoms with E-state index in [1.54, 1.807) is 6.92 Å². The van der Waals surface area contributed by atoms with Crippen LogP contribution in [0.3, 0.4) is 0 Å². The van der Waals surface area contributed by atoms with Crippen LogP contribution in [0.15, 0.2) is 0 Å². The smallest absolute Gasteiger partial charge is 0.235 e. The Balaban J connectivity index is 0.00000289. The van der Waals surface area contributed by atoms with Crippen molar-refractivity contribution >= 4 is 28.3 Å². The van der Waals surface area contributed by atoms with Crippen LogP contribution in [-0.2, 0) is 14.8 Å². The molecule has 0 radical (unpaired) electrons. The van der Waals surface area contributed by atoms with Gasteiger partial charge in [0.25, 0.3) is 0 Å². The van der Waals surface area contributed by atoms with Crippen molar-refractivity contribution in [2.45, 2.75) is 25.8 Å². The molecule has 6 nitrogen and oxygen atoms in total. The van der Waals surface area contributed by atoms with Crippen LogP contribution in [0.5, 0.6) is 0 Å². The average Bonchev–Trinajstić information content (AvgIpc) is 2.30. The van der Waals surface area contributed by atoms with Crippen molar-refractivity contribution in [3.8, 4) is 0 Å². The molecule has 1 atom stereocenters. The molecule has 108 valence electrons. The maximum atomic E-state index is 11.6. The van der Waals surface area contributed by atoms with Crippen LogP contribution >= 0.6 is 12.4 Å². The van der Waals surface area contributed by atoms with Gasteiger partial charge in [-0.05, 0) is 26.3 Å². The average molecular weight is 300 g/mol. The Kier molecular flexibility index (Phi) is 7.77. The van der Waals surface area contributed by atoms with Crippen molar-refractivity contribution in [1.29, 1.82) is 0 Å². The number of nitrogens with one attached hydrogen (secondary N) is 2. The number of rotatable bonds is 5. The Bertz CT molecular complexity index is 355. The van der Waals surface area contributed by atoms with E-state index in [9.17, 15) is 13.2 Å². The number of likely N-dealkylation sites (N-methyl/N-ethyl adjacent to an activating group) is 1. The van der Waals surface area contributed by atoms with Crippen molar-refractivity contribution in [3.05, 3.63) is 0 Å². The minimum absolute atomic E-state index is 0. The van der Waals surface area contributed by atoms with E-state index in [4.69, 9.17) is 0 Å². The van der Waals surface area contributed by atoms with Gasteiger partial charge in [0.15, 0.2) is 0 Å². The number of sulfonamides is 1. The molecule has 1 amide bonds. The number of carbonyl (C=O) groups excluding carboxylic acids is 1. The van der Waals surface area contributed by atoms with Crippen LogP contribution in [-0.4, -0.2) is 57.1 Å². The number of hydrogen-bond acceptors (Lipinski definition) is 4. The third-order valence-electron chi connectivity index (χ3n) is 2.87. The minimum Gasteiger partial charge on any atom is -0.351 e. The highest BCUT2D eigenvalue weighted by molar-refractivity contribution is 7.89. The molecule has 1 saturated heterocycles. The van der Waals surface area contributed by atoms with Gasteiger partial charge >= 0.3 is 0 Å². The molecular formula is C10H22ClN3O3S. The number of carbonyl (C=O) groups is 1. The van der Waals surface area contributed by atoms with Crippen LogP contribution in [0.4, 0.5) is 0 Å². The van der Waals surface area contributed by atoms with Crippen LogP contribution in [0.2, 0.25) is 0 Å². The Labute approximate surface area is 115 Å². The Hall–Kier alpha value is -0.370. The molecule has 0 aliphatic carbocycles. The van der Waals surface area contributed by atoms with Gasteiger partial charge in [-0.1, -0.05) is 0 Å². The molecule has 18 heavy (non-hydrogen) atoms. The van der Waals surface area contributed by atoms with E-state index < -0.39 is 10.0 Å². The summed E-state index contributed by atoms with van der Waals surface area (Å²) in [4.78, 5) is 11.6. The molecule has 1 heterocycles. The predicted molar refractivity (Wildman–Crippen MR) is 73.4 cm³/mol. The lowest BCUT2D eigenvalue weighted by atomic mass is 10.1. The first-order chi connectivity index (χ1) is 7.95. The second-order valence-electron chi connectivity index (χ2n) is 4.27. The normalized spacial score (nSPS) is 20.3. The Morgan fingerprint density at radius 3 is 2.67 bits per heavy atom. The van der Waals surface area contributed by atoms with E-state index in [2.05, 4.69) is 10.6 Å². The topological polar surface area (TPSA) is 78.5 Å². The van der Waals surface area contributed by atoms with Crippen LogP contribution in [0.25, 0.3) is 0 Å². The highest BCUT2D eigenvalue weighted by atomic mass is 35.5. The van der Waals surface area contributed by atoms with Gasteiger partial charge in [-0.3, -0.25) is 4.79 Å². The van der Waals surface area contributed by atoms with E-state index in [0.717, 1.165) is 30.2 Å². The van der Waals surface area contributed by atoms with Gasteiger partial charge < -0.3 is 10.6 Å². The van der Waals surface area contributed by atoms with E-state index in [-0.39, 0.29) is 36.7 Å². The van der Waals surface area contributed by atoms with Crippen molar-refractivity contribution in [3.63, 3.8) is 0 Å². The number of hydrogen-bond donors (Lipinski definition) is 2. The molecule has 1 fully saturated rings. The van der Waals surface area contributed by atoms with Gasteiger partial charge in [0.1, 0.15) is 0 Å². The van der Waals surface area contributed by atoms with E-state index in [1.165, 1.54) is 7.05 Å². The van der Waals surface area contributed by atoms with Crippen molar-refractivity contribution in [1.82, 2.24) is 14.9 Å². The first-order valence-electron chi connectivity index (χ1n) is 5.90. The van der Waals surface area contributed by atoms with Crippen LogP contribution < -0.4 is 10.6 Å². The lowest BCUT2D eigenvalue weighted by molar-refractivity contribution is -0.121. The summed E-state index contributed by atoms with van der Waals surface area (Å²) < 4.78 is 24.0. The van der Waals surface area contributed by atoms with Crippen LogP contribution in [0.1, 0.15) is 19.8 Å². The summed E-state index contributed by atoms with van der Waals surface area (Å²) in [5.74, 6) is -0.222. The summed E-state index contributed by atoms with van der Waals surface area (Å²) in [6.07, 6.45) is 1.98. The standard InChI is InChI=1S/C10H21N3O3S.ClH/c1-3-17(15,16)13(2)8-10(14)12-9-5-4-6-11-7-9;/h9,11H,3-8H2,1-2H3,(H,12,14);1H. The third kappa shape index (κ3) is 5.51. The number of nitrogens with zero attached hydrogens (tertiary/aromatic N) is 1. The summed E-state index contributed by atoms with van der Waals surface area (Å²) in [5, 5.41) is 6.03. The zero-order chi connectivity index (χ0) is 12.9. The maximum Gasteiger partial charge on any atom is 0.235 e. The summed E-state index contributed by atoms with van der Waals surface area (Å²) in [6, 6.07) is 0.119. The fraction of sp³-hybridized carbons (Fsp3) is 0.900. The van der Waals surface area contributed by atoms with Gasteiger partial charge in [-0.2, -0.15) is 4.31 Å². The van der Waals surface area contributed by atoms with Gasteiger partial charge in [0.05, 0.1) is 12.3 Å². The highest BCUT2D eigenvalue weighted by Crippen LogP contribution is 2.02. The molecule has 0 saturated carbocycles. The first-order valence-corrected chi connectivity index (χ1v) is 7.50. The van der Waals surface area contributed by atoms with Crippen molar-refractivity contribution in [2.75, 3.05) is 32.4 Å². The fourth-order valence-corrected chi connectivity index (χ4v) is 2.52. The second-order valence-corrected chi connectivity index (χ2v) is 6.63. The van der Waals surface area contributed by atoms with Gasteiger partial charge in [0, 0.05) is 19.6 Å². The largest absolute Gasteiger partial charge is 0.351 e. The van der Waals surface area contributed by atoms with Crippen molar-refractivity contribution in [2.24, 2.45) is 0 Å². The molecule has 8 heteroatoms. The molecule has 0 aromatic carbocycles. The summed E-state index contributed by atoms with van der Waals surface area (Å²) in [5.41, 5.74) is 0. The molecule has 0 aromatic rings. The second kappa shape index (κ2) is 7.93. The molecule has 1 unspecified atom stereocenters. The molecule has 2 N–H and O–H groups in total. The molecular weight excluding hydrogens is 278 g/mol. The lowest BCUT2D eigenvalue weighted by Gasteiger charge is -2.24. The quantitative estimate of drug-likeness (QED) is 0.721. The van der Waals surface area contributed by atoms with Crippen LogP contribution in [0, 0.1) is 0 Å². The first kappa shape index (κ1) is 17.6. The number of amides is 1. The highest BCUT2D eigenvalue weighted by Gasteiger charge is 2.20. The third-order valence-corrected chi connectivity index (χ3v) is 4.68. The summed E-state index contributed by atoms with van der Waals surface area (Å²) in [7, 11) is -1.85.